The summed E-state index contributed by atoms with van der Waals surface area (Å²) >= 11 is 0. The summed E-state index contributed by atoms with van der Waals surface area (Å²) in [6.45, 7) is 2.71. The third-order valence-electron chi connectivity index (χ3n) is 3.75. The van der Waals surface area contributed by atoms with Crippen LogP contribution in [0.25, 0.3) is 11.3 Å². The first kappa shape index (κ1) is 13.8. The van der Waals surface area contributed by atoms with Gasteiger partial charge in [-0.05, 0) is 31.8 Å². The maximum atomic E-state index is 12.1. The number of nitrogens with zero attached hydrogens (tertiary/aromatic N) is 1. The molecule has 1 amide bonds. The fourth-order valence-corrected chi connectivity index (χ4v) is 2.55. The van der Waals surface area contributed by atoms with Crippen molar-refractivity contribution >= 4 is 5.91 Å². The Hall–Kier alpha value is -2.14. The lowest BCUT2D eigenvalue weighted by atomic mass is 10.00. The number of carbonyl (C=O) groups is 1. The lowest BCUT2D eigenvalue weighted by molar-refractivity contribution is 0.0908. The highest BCUT2D eigenvalue weighted by molar-refractivity contribution is 5.92. The molecule has 1 aliphatic heterocycles. The van der Waals surface area contributed by atoms with Crippen LogP contribution in [0.1, 0.15) is 23.4 Å². The van der Waals surface area contributed by atoms with E-state index in [9.17, 15) is 4.79 Å². The molecule has 2 aromatic rings. The number of piperidine rings is 1. The Morgan fingerprint density at radius 1 is 1.38 bits per heavy atom. The van der Waals surface area contributed by atoms with Gasteiger partial charge < -0.3 is 15.2 Å². The van der Waals surface area contributed by atoms with Crippen LogP contribution in [0, 0.1) is 5.92 Å². The Balaban J connectivity index is 1.59. The smallest absolute Gasteiger partial charge is 0.289 e. The fourth-order valence-electron chi connectivity index (χ4n) is 2.55. The molecule has 1 saturated heterocycles. The van der Waals surface area contributed by atoms with Crippen LogP contribution >= 0.6 is 0 Å². The van der Waals surface area contributed by atoms with Crippen LogP contribution in [0.2, 0.25) is 0 Å². The molecule has 1 aromatic carbocycles. The van der Waals surface area contributed by atoms with E-state index in [1.807, 2.05) is 30.3 Å². The molecule has 110 valence electrons. The third kappa shape index (κ3) is 3.49. The second-order valence-electron chi connectivity index (χ2n) is 5.36. The number of carbonyl (C=O) groups excluding carboxylic acids is 1. The van der Waals surface area contributed by atoms with Crippen LogP contribution in [0.3, 0.4) is 0 Å². The summed E-state index contributed by atoms with van der Waals surface area (Å²) in [6.07, 6.45) is 2.32. The molecular weight excluding hydrogens is 266 g/mol. The summed E-state index contributed by atoms with van der Waals surface area (Å²) in [5.41, 5.74) is 1.62. The molecule has 1 atom stereocenters. The van der Waals surface area contributed by atoms with Gasteiger partial charge in [-0.25, -0.2) is 0 Å². The Labute approximate surface area is 123 Å². The maximum absolute atomic E-state index is 12.1. The molecule has 1 aromatic heterocycles. The number of amides is 1. The van der Waals surface area contributed by atoms with E-state index in [1.54, 1.807) is 6.07 Å². The highest BCUT2D eigenvalue weighted by atomic mass is 16.5. The van der Waals surface area contributed by atoms with E-state index in [-0.39, 0.29) is 11.7 Å². The summed E-state index contributed by atoms with van der Waals surface area (Å²) < 4.78 is 5.14. The summed E-state index contributed by atoms with van der Waals surface area (Å²) in [5, 5.41) is 10.2. The van der Waals surface area contributed by atoms with Crippen molar-refractivity contribution in [3.05, 3.63) is 42.2 Å². The van der Waals surface area contributed by atoms with E-state index < -0.39 is 0 Å². The van der Waals surface area contributed by atoms with Crippen LogP contribution in [0.4, 0.5) is 0 Å². The third-order valence-corrected chi connectivity index (χ3v) is 3.75. The van der Waals surface area contributed by atoms with Gasteiger partial charge in [-0.1, -0.05) is 35.5 Å². The van der Waals surface area contributed by atoms with Gasteiger partial charge in [0.2, 0.25) is 5.76 Å². The highest BCUT2D eigenvalue weighted by Gasteiger charge is 2.17. The van der Waals surface area contributed by atoms with Crippen molar-refractivity contribution in [3.63, 3.8) is 0 Å². The molecule has 1 unspecified atom stereocenters. The number of benzene rings is 1. The fraction of sp³-hybridized carbons (Fsp3) is 0.375. The van der Waals surface area contributed by atoms with E-state index in [0.717, 1.165) is 25.1 Å². The van der Waals surface area contributed by atoms with Crippen LogP contribution in [0.5, 0.6) is 0 Å². The Kier molecular flexibility index (Phi) is 4.31. The molecule has 0 spiro atoms. The highest BCUT2D eigenvalue weighted by Crippen LogP contribution is 2.18. The second-order valence-corrected chi connectivity index (χ2v) is 5.36. The van der Waals surface area contributed by atoms with Crippen molar-refractivity contribution in [1.82, 2.24) is 15.8 Å². The summed E-state index contributed by atoms with van der Waals surface area (Å²) in [7, 11) is 0. The molecule has 0 saturated carbocycles. The second kappa shape index (κ2) is 6.54. The van der Waals surface area contributed by atoms with Crippen LogP contribution in [-0.4, -0.2) is 30.7 Å². The minimum absolute atomic E-state index is 0.199. The topological polar surface area (TPSA) is 67.2 Å². The predicted octanol–water partition coefficient (Wildman–Crippen LogP) is 2.07. The van der Waals surface area contributed by atoms with Crippen LogP contribution in [-0.2, 0) is 0 Å². The van der Waals surface area contributed by atoms with Crippen molar-refractivity contribution in [2.45, 2.75) is 12.8 Å². The normalized spacial score (nSPS) is 18.4. The van der Waals surface area contributed by atoms with E-state index in [4.69, 9.17) is 4.52 Å². The van der Waals surface area contributed by atoms with Gasteiger partial charge in [0.15, 0.2) is 0 Å². The zero-order valence-corrected chi connectivity index (χ0v) is 11.8. The average molecular weight is 285 g/mol. The first-order chi connectivity index (χ1) is 10.3. The molecular formula is C16H19N3O2. The van der Waals surface area contributed by atoms with Crippen molar-refractivity contribution in [2.24, 2.45) is 5.92 Å². The van der Waals surface area contributed by atoms with E-state index in [2.05, 4.69) is 15.8 Å². The zero-order valence-electron chi connectivity index (χ0n) is 11.8. The minimum Gasteiger partial charge on any atom is -0.350 e. The molecule has 1 aliphatic rings. The Morgan fingerprint density at radius 2 is 2.24 bits per heavy atom. The summed E-state index contributed by atoms with van der Waals surface area (Å²) in [4.78, 5) is 12.1. The standard InChI is InChI=1S/C16H19N3O2/c20-16(18-11-12-5-4-8-17-10-12)15-9-14(19-21-15)13-6-2-1-3-7-13/h1-3,6-7,9,12,17H,4-5,8,10-11H2,(H,18,20). The van der Waals surface area contributed by atoms with Crippen molar-refractivity contribution in [1.29, 1.82) is 0 Å². The average Bonchev–Trinajstić information content (AvgIpc) is 3.04. The SMILES string of the molecule is O=C(NCC1CCCNC1)c1cc(-c2ccccc2)no1. The Morgan fingerprint density at radius 3 is 3.00 bits per heavy atom. The molecule has 21 heavy (non-hydrogen) atoms. The molecule has 0 bridgehead atoms. The summed E-state index contributed by atoms with van der Waals surface area (Å²) in [6, 6.07) is 11.4. The molecule has 0 aliphatic carbocycles. The quantitative estimate of drug-likeness (QED) is 0.902. The molecule has 5 heteroatoms. The van der Waals surface area contributed by atoms with Crippen LogP contribution in [0.15, 0.2) is 40.9 Å². The number of nitrogens with one attached hydrogen (secondary N) is 2. The molecule has 2 N–H and O–H groups in total. The summed E-state index contributed by atoms with van der Waals surface area (Å²) in [5.74, 6) is 0.562. The van der Waals surface area contributed by atoms with E-state index in [0.29, 0.717) is 18.2 Å². The number of aromatic nitrogens is 1. The van der Waals surface area contributed by atoms with Gasteiger partial charge in [-0.3, -0.25) is 4.79 Å². The van der Waals surface area contributed by atoms with Crippen molar-refractivity contribution < 1.29 is 9.32 Å². The van der Waals surface area contributed by atoms with E-state index in [1.165, 1.54) is 6.42 Å². The molecule has 2 heterocycles. The van der Waals surface area contributed by atoms with Gasteiger partial charge in [0.25, 0.3) is 5.91 Å². The largest absolute Gasteiger partial charge is 0.350 e. The number of rotatable bonds is 4. The number of hydrogen-bond acceptors (Lipinski definition) is 4. The van der Waals surface area contributed by atoms with Gasteiger partial charge >= 0.3 is 0 Å². The molecule has 3 rings (SSSR count). The minimum atomic E-state index is -0.199. The zero-order chi connectivity index (χ0) is 14.5. The van der Waals surface area contributed by atoms with E-state index >= 15 is 0 Å². The monoisotopic (exact) mass is 285 g/mol. The maximum Gasteiger partial charge on any atom is 0.289 e. The first-order valence-corrected chi connectivity index (χ1v) is 7.34. The molecule has 1 fully saturated rings. The van der Waals surface area contributed by atoms with Crippen molar-refractivity contribution in [3.8, 4) is 11.3 Å². The first-order valence-electron chi connectivity index (χ1n) is 7.34. The molecule has 0 radical (unpaired) electrons. The molecule has 5 nitrogen and oxygen atoms in total. The van der Waals surface area contributed by atoms with Gasteiger partial charge in [-0.15, -0.1) is 0 Å². The van der Waals surface area contributed by atoms with Crippen LogP contribution < -0.4 is 10.6 Å². The lowest BCUT2D eigenvalue weighted by Gasteiger charge is -2.22. The van der Waals surface area contributed by atoms with Gasteiger partial charge in [0, 0.05) is 18.2 Å². The number of hydrogen-bond donors (Lipinski definition) is 2. The lowest BCUT2D eigenvalue weighted by Crippen LogP contribution is -2.38. The predicted molar refractivity (Wildman–Crippen MR) is 79.9 cm³/mol. The van der Waals surface area contributed by atoms with Gasteiger partial charge in [0.05, 0.1) is 0 Å². The Bertz CT molecular complexity index is 589. The van der Waals surface area contributed by atoms with Crippen molar-refractivity contribution in [2.75, 3.05) is 19.6 Å². The van der Waals surface area contributed by atoms with Gasteiger partial charge in [-0.2, -0.15) is 0 Å². The van der Waals surface area contributed by atoms with Gasteiger partial charge in [0.1, 0.15) is 5.69 Å².